The number of hydrogen-bond acceptors (Lipinski definition) is 7. The minimum Gasteiger partial charge on any atom is -0.465 e. The molecule has 0 unspecified atom stereocenters. The molecular weight excluding hydrogens is 422 g/mol. The number of aromatic nitrogens is 2. The van der Waals surface area contributed by atoms with Crippen molar-refractivity contribution in [3.63, 3.8) is 0 Å². The maximum Gasteiger partial charge on any atom is 0.355 e. The summed E-state index contributed by atoms with van der Waals surface area (Å²) in [6, 6.07) is 14.6. The Morgan fingerprint density at radius 2 is 1.73 bits per heavy atom. The quantitative estimate of drug-likeness (QED) is 0.560. The smallest absolute Gasteiger partial charge is 0.355 e. The zero-order valence-corrected chi connectivity index (χ0v) is 18.1. The van der Waals surface area contributed by atoms with Crippen LogP contribution >= 0.6 is 0 Å². The average Bonchev–Trinajstić information content (AvgIpc) is 3.08. The van der Waals surface area contributed by atoms with Crippen molar-refractivity contribution in [2.75, 3.05) is 19.1 Å². The van der Waals surface area contributed by atoms with E-state index in [1.165, 1.54) is 36.1 Å². The van der Waals surface area contributed by atoms with Gasteiger partial charge < -0.3 is 14.4 Å². The number of methoxy groups -OCH3 is 2. The Kier molecular flexibility index (Phi) is 6.17. The summed E-state index contributed by atoms with van der Waals surface area (Å²) in [5, 5.41) is 0.375. The first-order valence-corrected chi connectivity index (χ1v) is 10.1. The maximum absolute atomic E-state index is 13.2. The molecule has 33 heavy (non-hydrogen) atoms. The molecule has 1 aromatic heterocycles. The van der Waals surface area contributed by atoms with E-state index in [1.54, 1.807) is 36.6 Å². The number of esters is 2. The van der Waals surface area contributed by atoms with E-state index in [1.807, 2.05) is 30.3 Å². The van der Waals surface area contributed by atoms with Crippen molar-refractivity contribution in [2.24, 2.45) is 0 Å². The molecule has 0 radical (unpaired) electrons. The number of hydrogen-bond donors (Lipinski definition) is 0. The predicted molar refractivity (Wildman–Crippen MR) is 123 cm³/mol. The lowest BCUT2D eigenvalue weighted by molar-refractivity contribution is -0.139. The zero-order valence-electron chi connectivity index (χ0n) is 18.1. The van der Waals surface area contributed by atoms with Crippen LogP contribution < -0.4 is 10.5 Å². The molecule has 2 aromatic carbocycles. The lowest BCUT2D eigenvalue weighted by Crippen LogP contribution is -2.27. The van der Waals surface area contributed by atoms with Crippen LogP contribution in [0.15, 0.2) is 95.4 Å². The molecule has 2 heterocycles. The first-order chi connectivity index (χ1) is 16.0. The second-order valence-electron chi connectivity index (χ2n) is 7.18. The highest BCUT2D eigenvalue weighted by Crippen LogP contribution is 2.28. The van der Waals surface area contributed by atoms with Crippen molar-refractivity contribution in [3.05, 3.63) is 106 Å². The lowest BCUT2D eigenvalue weighted by Gasteiger charge is -2.23. The van der Waals surface area contributed by atoms with Crippen LogP contribution in [-0.2, 0) is 25.6 Å². The highest BCUT2D eigenvalue weighted by molar-refractivity contribution is 6.05. The molecule has 8 heteroatoms. The van der Waals surface area contributed by atoms with Crippen LogP contribution in [0.25, 0.3) is 10.9 Å². The van der Waals surface area contributed by atoms with Gasteiger partial charge in [-0.1, -0.05) is 36.4 Å². The Balaban J connectivity index is 1.84. The number of rotatable bonds is 5. The second-order valence-corrected chi connectivity index (χ2v) is 7.18. The molecule has 1 aliphatic heterocycles. The standard InChI is InChI=1S/C25H21N3O5/c1-32-24(30)19-10-6-7-13-28(22(19)25(31)33-2)18-11-12-21-20(14-18)23(29)27(16-26-21)15-17-8-4-3-5-9-17/h3-14,16H,15H2,1-2H3. The van der Waals surface area contributed by atoms with E-state index in [0.717, 1.165) is 5.56 Å². The Bertz CT molecular complexity index is 1370. The van der Waals surface area contributed by atoms with Crippen LogP contribution in [0.3, 0.4) is 0 Å². The van der Waals surface area contributed by atoms with Crippen LogP contribution in [0.4, 0.5) is 5.69 Å². The van der Waals surface area contributed by atoms with E-state index in [0.29, 0.717) is 23.1 Å². The van der Waals surface area contributed by atoms with Crippen molar-refractivity contribution in [3.8, 4) is 0 Å². The van der Waals surface area contributed by atoms with Gasteiger partial charge in [-0.05, 0) is 35.9 Å². The van der Waals surface area contributed by atoms with Gasteiger partial charge >= 0.3 is 11.9 Å². The van der Waals surface area contributed by atoms with Gasteiger partial charge in [0.25, 0.3) is 5.56 Å². The average molecular weight is 443 g/mol. The Morgan fingerprint density at radius 3 is 2.45 bits per heavy atom. The fourth-order valence-corrected chi connectivity index (χ4v) is 3.56. The van der Waals surface area contributed by atoms with Gasteiger partial charge in [0.2, 0.25) is 0 Å². The van der Waals surface area contributed by atoms with Crippen molar-refractivity contribution in [1.29, 1.82) is 0 Å². The number of anilines is 1. The molecule has 4 rings (SSSR count). The molecule has 0 N–H and O–H groups in total. The summed E-state index contributed by atoms with van der Waals surface area (Å²) in [7, 11) is 2.46. The van der Waals surface area contributed by atoms with E-state index in [9.17, 15) is 14.4 Å². The van der Waals surface area contributed by atoms with E-state index >= 15 is 0 Å². The summed E-state index contributed by atoms with van der Waals surface area (Å²) in [6.07, 6.45) is 7.88. The third kappa shape index (κ3) is 4.31. The van der Waals surface area contributed by atoms with Gasteiger partial charge in [-0.15, -0.1) is 0 Å². The molecular formula is C25H21N3O5. The molecule has 166 valence electrons. The molecule has 0 saturated heterocycles. The first-order valence-electron chi connectivity index (χ1n) is 10.1. The van der Waals surface area contributed by atoms with Crippen LogP contribution in [0, 0.1) is 0 Å². The lowest BCUT2D eigenvalue weighted by atomic mass is 10.1. The molecule has 0 fully saturated rings. The molecule has 0 atom stereocenters. The Morgan fingerprint density at radius 1 is 0.970 bits per heavy atom. The van der Waals surface area contributed by atoms with Crippen LogP contribution in [-0.4, -0.2) is 35.7 Å². The number of carbonyl (C=O) groups is 2. The van der Waals surface area contributed by atoms with E-state index in [2.05, 4.69) is 4.98 Å². The number of allylic oxidation sites excluding steroid dienone is 2. The SMILES string of the molecule is COC(=O)C1=C(C(=O)OC)N(c2ccc3ncn(Cc4ccccc4)c(=O)c3c2)C=CC=C1. The van der Waals surface area contributed by atoms with E-state index in [4.69, 9.17) is 9.47 Å². The number of benzene rings is 2. The second kappa shape index (κ2) is 9.35. The number of fused-ring (bicyclic) bond motifs is 1. The number of nitrogens with zero attached hydrogens (tertiary/aromatic N) is 3. The van der Waals surface area contributed by atoms with Gasteiger partial charge in [0.15, 0.2) is 0 Å². The number of ether oxygens (including phenoxy) is 2. The van der Waals surface area contributed by atoms with Crippen molar-refractivity contribution in [1.82, 2.24) is 9.55 Å². The van der Waals surface area contributed by atoms with Crippen LogP contribution in [0.2, 0.25) is 0 Å². The highest BCUT2D eigenvalue weighted by atomic mass is 16.5. The minimum atomic E-state index is -0.723. The van der Waals surface area contributed by atoms with Crippen LogP contribution in [0.5, 0.6) is 0 Å². The fraction of sp³-hybridized carbons (Fsp3) is 0.120. The molecule has 3 aromatic rings. The predicted octanol–water partition coefficient (Wildman–Crippen LogP) is 2.93. The molecule has 8 nitrogen and oxygen atoms in total. The molecule has 0 bridgehead atoms. The number of carbonyl (C=O) groups excluding carboxylic acids is 2. The van der Waals surface area contributed by atoms with Gasteiger partial charge in [-0.3, -0.25) is 9.36 Å². The Hall–Kier alpha value is -4.46. The van der Waals surface area contributed by atoms with Crippen molar-refractivity contribution < 1.29 is 19.1 Å². The van der Waals surface area contributed by atoms with Crippen LogP contribution in [0.1, 0.15) is 5.56 Å². The van der Waals surface area contributed by atoms with Gasteiger partial charge in [-0.2, -0.15) is 0 Å². The van der Waals surface area contributed by atoms with Gasteiger partial charge in [0.1, 0.15) is 5.70 Å². The van der Waals surface area contributed by atoms with Crippen molar-refractivity contribution >= 4 is 28.5 Å². The van der Waals surface area contributed by atoms with E-state index in [-0.39, 0.29) is 16.8 Å². The fourth-order valence-electron chi connectivity index (χ4n) is 3.56. The summed E-state index contributed by atoms with van der Waals surface area (Å²) in [6.45, 7) is 0.375. The zero-order chi connectivity index (χ0) is 23.4. The monoisotopic (exact) mass is 443 g/mol. The van der Waals surface area contributed by atoms with Gasteiger partial charge in [-0.25, -0.2) is 14.6 Å². The molecule has 0 saturated carbocycles. The summed E-state index contributed by atoms with van der Waals surface area (Å²) in [5.41, 5.74) is 1.75. The molecule has 0 spiro atoms. The summed E-state index contributed by atoms with van der Waals surface area (Å²) in [4.78, 5) is 44.1. The first kappa shape index (κ1) is 21.8. The Labute approximate surface area is 189 Å². The largest absolute Gasteiger partial charge is 0.465 e. The van der Waals surface area contributed by atoms with Gasteiger partial charge in [0.05, 0.1) is 43.6 Å². The molecule has 0 aliphatic carbocycles. The molecule has 1 aliphatic rings. The maximum atomic E-state index is 13.2. The summed E-state index contributed by atoms with van der Waals surface area (Å²) >= 11 is 0. The summed E-state index contributed by atoms with van der Waals surface area (Å²) in [5.74, 6) is -1.41. The highest BCUT2D eigenvalue weighted by Gasteiger charge is 2.27. The normalized spacial score (nSPS) is 13.2. The van der Waals surface area contributed by atoms with Gasteiger partial charge in [0, 0.05) is 11.9 Å². The summed E-state index contributed by atoms with van der Waals surface area (Å²) < 4.78 is 11.3. The van der Waals surface area contributed by atoms with E-state index < -0.39 is 11.9 Å². The minimum absolute atomic E-state index is 0.0257. The third-order valence-electron chi connectivity index (χ3n) is 5.17. The topological polar surface area (TPSA) is 90.7 Å². The third-order valence-corrected chi connectivity index (χ3v) is 5.17. The molecule has 0 amide bonds. The van der Waals surface area contributed by atoms with Crippen molar-refractivity contribution in [2.45, 2.75) is 6.54 Å².